The Labute approximate surface area is 125 Å². The fraction of sp³-hybridized carbons (Fsp3) is 0.417. The molecule has 0 saturated heterocycles. The van der Waals surface area contributed by atoms with Gasteiger partial charge in [0.25, 0.3) is 0 Å². The van der Waals surface area contributed by atoms with Gasteiger partial charge in [-0.1, -0.05) is 17.8 Å². The topological polar surface area (TPSA) is 83.0 Å². The first-order valence-corrected chi connectivity index (χ1v) is 7.96. The second-order valence-corrected chi connectivity index (χ2v) is 5.93. The number of ether oxygens (including phenoxy) is 1. The number of hydrogen-bond acceptors (Lipinski definition) is 6. The van der Waals surface area contributed by atoms with Crippen LogP contribution in [-0.4, -0.2) is 40.1 Å². The lowest BCUT2D eigenvalue weighted by Crippen LogP contribution is -2.14. The molecule has 0 atom stereocenters. The molecule has 2 aromatic rings. The van der Waals surface area contributed by atoms with Crippen LogP contribution in [0.15, 0.2) is 22.7 Å². The fourth-order valence-corrected chi connectivity index (χ4v) is 3.11. The van der Waals surface area contributed by atoms with Gasteiger partial charge in [0.05, 0.1) is 10.6 Å². The van der Waals surface area contributed by atoms with E-state index >= 15 is 0 Å². The number of thiophene rings is 1. The molecule has 8 heteroatoms. The number of rotatable bonds is 8. The molecule has 2 aromatic heterocycles. The average Bonchev–Trinajstić information content (AvgIpc) is 3.05. The van der Waals surface area contributed by atoms with Gasteiger partial charge in [0, 0.05) is 20.3 Å². The Morgan fingerprint density at radius 2 is 2.40 bits per heavy atom. The zero-order valence-corrected chi connectivity index (χ0v) is 12.7. The summed E-state index contributed by atoms with van der Waals surface area (Å²) in [5, 5.41) is 11.1. The number of aromatic nitrogens is 3. The molecule has 2 N–H and O–H groups in total. The quantitative estimate of drug-likeness (QED) is 0.591. The molecule has 108 valence electrons. The lowest BCUT2D eigenvalue weighted by molar-refractivity contribution is -0.115. The average molecular weight is 312 g/mol. The van der Waals surface area contributed by atoms with Crippen molar-refractivity contribution in [3.8, 4) is 10.7 Å². The van der Waals surface area contributed by atoms with Gasteiger partial charge in [-0.15, -0.1) is 21.5 Å². The van der Waals surface area contributed by atoms with Crippen LogP contribution in [0.5, 0.6) is 0 Å². The van der Waals surface area contributed by atoms with E-state index in [1.54, 1.807) is 18.4 Å². The number of nitrogens with zero attached hydrogens (tertiary/aromatic N) is 3. The maximum Gasteiger partial charge on any atom is 0.227 e. The van der Waals surface area contributed by atoms with Gasteiger partial charge in [0.2, 0.25) is 5.91 Å². The second-order valence-electron chi connectivity index (χ2n) is 4.04. The van der Waals surface area contributed by atoms with E-state index in [1.807, 2.05) is 22.1 Å². The third kappa shape index (κ3) is 3.81. The van der Waals surface area contributed by atoms with Crippen molar-refractivity contribution in [2.75, 3.05) is 19.5 Å². The standard InChI is InChI=1S/C12H16N4O2S2/c1-18-6-3-5-16-11(9-4-2-7-19-9)14-15-12(16)20-8-10(13)17/h2,4,7H,3,5-6,8H2,1H3,(H2,13,17). The lowest BCUT2D eigenvalue weighted by Gasteiger charge is -2.08. The van der Waals surface area contributed by atoms with E-state index in [4.69, 9.17) is 10.5 Å². The highest BCUT2D eigenvalue weighted by Gasteiger charge is 2.15. The molecule has 0 bridgehead atoms. The van der Waals surface area contributed by atoms with Gasteiger partial charge in [-0.2, -0.15) is 0 Å². The molecule has 0 aliphatic carbocycles. The predicted octanol–water partition coefficient (Wildman–Crippen LogP) is 1.62. The molecule has 2 heterocycles. The third-order valence-electron chi connectivity index (χ3n) is 2.53. The Kier molecular flexibility index (Phi) is 5.57. The Hall–Kier alpha value is -1.38. The SMILES string of the molecule is COCCCn1c(SCC(N)=O)nnc1-c1cccs1. The molecule has 20 heavy (non-hydrogen) atoms. The number of thioether (sulfide) groups is 1. The molecule has 0 fully saturated rings. The summed E-state index contributed by atoms with van der Waals surface area (Å²) in [6, 6.07) is 3.98. The summed E-state index contributed by atoms with van der Waals surface area (Å²) in [5.41, 5.74) is 5.18. The molecule has 0 aliphatic heterocycles. The van der Waals surface area contributed by atoms with Gasteiger partial charge in [-0.25, -0.2) is 0 Å². The van der Waals surface area contributed by atoms with E-state index in [0.29, 0.717) is 11.8 Å². The van der Waals surface area contributed by atoms with Crippen molar-refractivity contribution in [3.05, 3.63) is 17.5 Å². The predicted molar refractivity (Wildman–Crippen MR) is 79.7 cm³/mol. The number of hydrogen-bond donors (Lipinski definition) is 1. The summed E-state index contributed by atoms with van der Waals surface area (Å²) in [7, 11) is 1.68. The van der Waals surface area contributed by atoms with Gasteiger partial charge in [-0.05, 0) is 17.9 Å². The highest BCUT2D eigenvalue weighted by atomic mass is 32.2. The van der Waals surface area contributed by atoms with Crippen LogP contribution in [0, 0.1) is 0 Å². The zero-order chi connectivity index (χ0) is 14.4. The molecule has 0 aromatic carbocycles. The van der Waals surface area contributed by atoms with Crippen LogP contribution in [0.4, 0.5) is 0 Å². The summed E-state index contributed by atoms with van der Waals surface area (Å²) >= 11 is 2.92. The number of primary amides is 1. The zero-order valence-electron chi connectivity index (χ0n) is 11.1. The molecule has 1 amide bonds. The third-order valence-corrected chi connectivity index (χ3v) is 4.39. The molecule has 2 rings (SSSR count). The van der Waals surface area contributed by atoms with Gasteiger partial charge < -0.3 is 15.0 Å². The Bertz CT molecular complexity index is 554. The number of amides is 1. The summed E-state index contributed by atoms with van der Waals surface area (Å²) in [6.07, 6.45) is 0.858. The monoisotopic (exact) mass is 312 g/mol. The summed E-state index contributed by atoms with van der Waals surface area (Å²) in [6.45, 7) is 1.41. The van der Waals surface area contributed by atoms with E-state index in [1.165, 1.54) is 11.8 Å². The minimum atomic E-state index is -0.362. The van der Waals surface area contributed by atoms with Crippen molar-refractivity contribution in [2.24, 2.45) is 5.73 Å². The Morgan fingerprint density at radius 1 is 1.55 bits per heavy atom. The van der Waals surface area contributed by atoms with Crippen LogP contribution in [0.2, 0.25) is 0 Å². The first-order valence-electron chi connectivity index (χ1n) is 6.09. The van der Waals surface area contributed by atoms with Crippen molar-refractivity contribution < 1.29 is 9.53 Å². The fourth-order valence-electron chi connectivity index (χ4n) is 1.69. The van der Waals surface area contributed by atoms with E-state index in [-0.39, 0.29) is 11.7 Å². The van der Waals surface area contributed by atoms with Gasteiger partial charge in [0.15, 0.2) is 11.0 Å². The van der Waals surface area contributed by atoms with E-state index in [0.717, 1.165) is 23.7 Å². The normalized spacial score (nSPS) is 10.8. The number of carbonyl (C=O) groups excluding carboxylic acids is 1. The van der Waals surface area contributed by atoms with Crippen LogP contribution in [0.1, 0.15) is 6.42 Å². The number of carbonyl (C=O) groups is 1. The summed E-state index contributed by atoms with van der Waals surface area (Å²) < 4.78 is 7.09. The molecule has 0 unspecified atom stereocenters. The first kappa shape index (κ1) is 15.0. The van der Waals surface area contributed by atoms with Gasteiger partial charge in [0.1, 0.15) is 0 Å². The van der Waals surface area contributed by atoms with Crippen molar-refractivity contribution in [1.29, 1.82) is 0 Å². The largest absolute Gasteiger partial charge is 0.385 e. The van der Waals surface area contributed by atoms with Crippen LogP contribution in [0.3, 0.4) is 0 Å². The molecule has 0 spiro atoms. The van der Waals surface area contributed by atoms with Gasteiger partial charge >= 0.3 is 0 Å². The van der Waals surface area contributed by atoms with Crippen molar-refractivity contribution in [1.82, 2.24) is 14.8 Å². The highest BCUT2D eigenvalue weighted by Crippen LogP contribution is 2.27. The minimum absolute atomic E-state index is 0.201. The summed E-state index contributed by atoms with van der Waals surface area (Å²) in [4.78, 5) is 12.0. The maximum absolute atomic E-state index is 10.9. The van der Waals surface area contributed by atoms with E-state index < -0.39 is 0 Å². The lowest BCUT2D eigenvalue weighted by atomic mass is 10.4. The molecular formula is C12H16N4O2S2. The highest BCUT2D eigenvalue weighted by molar-refractivity contribution is 7.99. The van der Waals surface area contributed by atoms with Crippen molar-refractivity contribution in [2.45, 2.75) is 18.1 Å². The molecule has 0 aliphatic rings. The van der Waals surface area contributed by atoms with Crippen LogP contribution in [0.25, 0.3) is 10.7 Å². The molecule has 6 nitrogen and oxygen atoms in total. The number of methoxy groups -OCH3 is 1. The Balaban J connectivity index is 2.20. The first-order chi connectivity index (χ1) is 9.72. The molecule has 0 saturated carbocycles. The van der Waals surface area contributed by atoms with Crippen molar-refractivity contribution >= 4 is 29.0 Å². The van der Waals surface area contributed by atoms with E-state index in [9.17, 15) is 4.79 Å². The van der Waals surface area contributed by atoms with Gasteiger partial charge in [-0.3, -0.25) is 4.79 Å². The van der Waals surface area contributed by atoms with Crippen LogP contribution < -0.4 is 5.73 Å². The second kappa shape index (κ2) is 7.41. The van der Waals surface area contributed by atoms with E-state index in [2.05, 4.69) is 10.2 Å². The molecular weight excluding hydrogens is 296 g/mol. The minimum Gasteiger partial charge on any atom is -0.385 e. The van der Waals surface area contributed by atoms with Crippen molar-refractivity contribution in [3.63, 3.8) is 0 Å². The Morgan fingerprint density at radius 3 is 3.05 bits per heavy atom. The smallest absolute Gasteiger partial charge is 0.227 e. The maximum atomic E-state index is 10.9. The number of nitrogens with two attached hydrogens (primary N) is 1. The van der Waals surface area contributed by atoms with Crippen LogP contribution >= 0.6 is 23.1 Å². The van der Waals surface area contributed by atoms with Crippen LogP contribution in [-0.2, 0) is 16.1 Å². The summed E-state index contributed by atoms with van der Waals surface area (Å²) in [5.74, 6) is 0.662. The molecule has 0 radical (unpaired) electrons.